The number of carboxylic acid groups (broad SMARTS) is 1. The quantitative estimate of drug-likeness (QED) is 0.561. The zero-order valence-corrected chi connectivity index (χ0v) is 7.22. The van der Waals surface area contributed by atoms with Gasteiger partial charge in [-0.05, 0) is 17.2 Å². The van der Waals surface area contributed by atoms with Crippen molar-refractivity contribution in [2.45, 2.75) is 13.0 Å². The second kappa shape index (κ2) is 3.73. The van der Waals surface area contributed by atoms with E-state index in [1.54, 1.807) is 0 Å². The molecule has 4 N–H and O–H groups in total. The molecule has 76 valence electrons. The summed E-state index contributed by atoms with van der Waals surface area (Å²) in [6.07, 6.45) is 0. The standard InChI is InChI=1S/C6H8N4O4/c1-2(6(12)13)8-5(11)3-4(7)10-14-9-3/h2H,1H3,(H2,7,10)(H,8,11)(H,12,13)/t2-/m0/s1. The molecular formula is C6H8N4O4. The van der Waals surface area contributed by atoms with Gasteiger partial charge in [-0.25, -0.2) is 4.63 Å². The van der Waals surface area contributed by atoms with E-state index < -0.39 is 17.9 Å². The predicted molar refractivity (Wildman–Crippen MR) is 43.3 cm³/mol. The highest BCUT2D eigenvalue weighted by Gasteiger charge is 2.20. The molecule has 0 saturated carbocycles. The predicted octanol–water partition coefficient (Wildman–Crippen LogP) is -1.15. The SMILES string of the molecule is C[C@H](NC(=O)c1nonc1N)C(=O)O. The van der Waals surface area contributed by atoms with Crippen LogP contribution in [0.3, 0.4) is 0 Å². The number of amides is 1. The molecule has 0 unspecified atom stereocenters. The minimum Gasteiger partial charge on any atom is -0.480 e. The van der Waals surface area contributed by atoms with Crippen LogP contribution in [0.5, 0.6) is 0 Å². The van der Waals surface area contributed by atoms with Crippen LogP contribution in [-0.4, -0.2) is 33.3 Å². The van der Waals surface area contributed by atoms with Crippen molar-refractivity contribution in [3.05, 3.63) is 5.69 Å². The lowest BCUT2D eigenvalue weighted by molar-refractivity contribution is -0.138. The number of rotatable bonds is 3. The van der Waals surface area contributed by atoms with Gasteiger partial charge in [-0.15, -0.1) is 0 Å². The minimum atomic E-state index is -1.16. The van der Waals surface area contributed by atoms with E-state index in [0.717, 1.165) is 0 Å². The maximum atomic E-state index is 11.2. The first-order valence-corrected chi connectivity index (χ1v) is 3.64. The monoisotopic (exact) mass is 200 g/mol. The molecule has 8 nitrogen and oxygen atoms in total. The molecule has 1 rings (SSSR count). The summed E-state index contributed by atoms with van der Waals surface area (Å²) in [5.41, 5.74) is 4.99. The maximum absolute atomic E-state index is 11.2. The largest absolute Gasteiger partial charge is 0.480 e. The Morgan fingerprint density at radius 2 is 2.21 bits per heavy atom. The average Bonchev–Trinajstić information content (AvgIpc) is 2.51. The van der Waals surface area contributed by atoms with Crippen molar-refractivity contribution in [1.82, 2.24) is 15.6 Å². The minimum absolute atomic E-state index is 0.180. The van der Waals surface area contributed by atoms with Crippen LogP contribution in [0, 0.1) is 0 Å². The van der Waals surface area contributed by atoms with Gasteiger partial charge in [0.2, 0.25) is 11.5 Å². The maximum Gasteiger partial charge on any atom is 0.325 e. The first-order chi connectivity index (χ1) is 6.52. The third-order valence-electron chi connectivity index (χ3n) is 1.45. The molecule has 1 heterocycles. The number of nitrogen functional groups attached to an aromatic ring is 1. The highest BCUT2D eigenvalue weighted by atomic mass is 16.6. The van der Waals surface area contributed by atoms with E-state index in [2.05, 4.69) is 20.3 Å². The molecule has 8 heteroatoms. The lowest BCUT2D eigenvalue weighted by Gasteiger charge is -2.06. The molecule has 14 heavy (non-hydrogen) atoms. The van der Waals surface area contributed by atoms with Crippen molar-refractivity contribution < 1.29 is 19.3 Å². The Labute approximate surface area is 78.0 Å². The van der Waals surface area contributed by atoms with Crippen LogP contribution in [0.2, 0.25) is 0 Å². The van der Waals surface area contributed by atoms with Crippen molar-refractivity contribution in [1.29, 1.82) is 0 Å². The fraction of sp³-hybridized carbons (Fsp3) is 0.333. The van der Waals surface area contributed by atoms with Gasteiger partial charge in [-0.1, -0.05) is 0 Å². The molecule has 0 saturated heterocycles. The fourth-order valence-electron chi connectivity index (χ4n) is 0.680. The van der Waals surface area contributed by atoms with Crippen molar-refractivity contribution in [2.24, 2.45) is 0 Å². The van der Waals surface area contributed by atoms with Gasteiger partial charge in [-0.2, -0.15) is 0 Å². The van der Waals surface area contributed by atoms with Crippen LogP contribution in [-0.2, 0) is 4.79 Å². The first-order valence-electron chi connectivity index (χ1n) is 3.64. The number of carboxylic acids is 1. The first kappa shape index (κ1) is 9.96. The molecular weight excluding hydrogens is 192 g/mol. The zero-order chi connectivity index (χ0) is 10.7. The number of nitrogens with zero attached hydrogens (tertiary/aromatic N) is 2. The summed E-state index contributed by atoms with van der Waals surface area (Å²) in [5, 5.41) is 17.0. The van der Waals surface area contributed by atoms with Crippen molar-refractivity contribution >= 4 is 17.7 Å². The summed E-state index contributed by atoms with van der Waals surface area (Å²) in [7, 11) is 0. The van der Waals surface area contributed by atoms with Gasteiger partial charge in [0.15, 0.2) is 0 Å². The highest BCUT2D eigenvalue weighted by molar-refractivity contribution is 5.97. The molecule has 1 atom stereocenters. The normalized spacial score (nSPS) is 12.1. The van der Waals surface area contributed by atoms with E-state index in [1.807, 2.05) is 0 Å². The molecule has 0 aliphatic heterocycles. The summed E-state index contributed by atoms with van der Waals surface area (Å²) in [6, 6.07) is -1.03. The van der Waals surface area contributed by atoms with E-state index in [-0.39, 0.29) is 11.5 Å². The number of nitrogens with two attached hydrogens (primary N) is 1. The zero-order valence-electron chi connectivity index (χ0n) is 7.22. The van der Waals surface area contributed by atoms with E-state index in [0.29, 0.717) is 0 Å². The van der Waals surface area contributed by atoms with Gasteiger partial charge in [-0.3, -0.25) is 9.59 Å². The Balaban J connectivity index is 2.69. The van der Waals surface area contributed by atoms with Crippen molar-refractivity contribution in [3.8, 4) is 0 Å². The Morgan fingerprint density at radius 3 is 2.64 bits per heavy atom. The number of carbonyl (C=O) groups excluding carboxylic acids is 1. The summed E-state index contributed by atoms with van der Waals surface area (Å²) in [4.78, 5) is 21.6. The van der Waals surface area contributed by atoms with Gasteiger partial charge >= 0.3 is 5.97 Å². The third kappa shape index (κ3) is 1.97. The molecule has 0 spiro atoms. The summed E-state index contributed by atoms with van der Waals surface area (Å²) < 4.78 is 4.18. The molecule has 0 fully saturated rings. The number of hydrogen-bond donors (Lipinski definition) is 3. The van der Waals surface area contributed by atoms with E-state index >= 15 is 0 Å². The van der Waals surface area contributed by atoms with Crippen LogP contribution in [0.25, 0.3) is 0 Å². The summed E-state index contributed by atoms with van der Waals surface area (Å²) in [6.45, 7) is 1.31. The van der Waals surface area contributed by atoms with Crippen LogP contribution in [0.15, 0.2) is 4.63 Å². The second-order valence-corrected chi connectivity index (χ2v) is 2.53. The lowest BCUT2D eigenvalue weighted by Crippen LogP contribution is -2.38. The number of aliphatic carboxylic acids is 1. The Kier molecular flexibility index (Phi) is 2.65. The van der Waals surface area contributed by atoms with Crippen LogP contribution < -0.4 is 11.1 Å². The number of anilines is 1. The molecule has 0 aliphatic carbocycles. The smallest absolute Gasteiger partial charge is 0.325 e. The molecule has 1 amide bonds. The number of carbonyl (C=O) groups is 2. The number of nitrogens with one attached hydrogen (secondary N) is 1. The second-order valence-electron chi connectivity index (χ2n) is 2.53. The average molecular weight is 200 g/mol. The van der Waals surface area contributed by atoms with Gasteiger partial charge in [0.25, 0.3) is 5.91 Å². The molecule has 1 aromatic heterocycles. The van der Waals surface area contributed by atoms with Crippen LogP contribution in [0.4, 0.5) is 5.82 Å². The van der Waals surface area contributed by atoms with E-state index in [9.17, 15) is 9.59 Å². The van der Waals surface area contributed by atoms with E-state index in [1.165, 1.54) is 6.92 Å². The van der Waals surface area contributed by atoms with Crippen molar-refractivity contribution in [2.75, 3.05) is 5.73 Å². The lowest BCUT2D eigenvalue weighted by atomic mass is 10.3. The van der Waals surface area contributed by atoms with Gasteiger partial charge in [0.05, 0.1) is 0 Å². The summed E-state index contributed by atoms with van der Waals surface area (Å²) >= 11 is 0. The number of aromatic nitrogens is 2. The summed E-state index contributed by atoms with van der Waals surface area (Å²) in [5.74, 6) is -2.08. The van der Waals surface area contributed by atoms with Gasteiger partial charge in [0.1, 0.15) is 6.04 Å². The molecule has 0 bridgehead atoms. The van der Waals surface area contributed by atoms with Gasteiger partial charge < -0.3 is 16.2 Å². The Hall–Kier alpha value is -2.12. The highest BCUT2D eigenvalue weighted by Crippen LogP contribution is 2.03. The van der Waals surface area contributed by atoms with E-state index in [4.69, 9.17) is 10.8 Å². The van der Waals surface area contributed by atoms with Crippen LogP contribution >= 0.6 is 0 Å². The third-order valence-corrected chi connectivity index (χ3v) is 1.45. The molecule has 1 aromatic rings. The number of hydrogen-bond acceptors (Lipinski definition) is 6. The fourth-order valence-corrected chi connectivity index (χ4v) is 0.680. The van der Waals surface area contributed by atoms with Crippen molar-refractivity contribution in [3.63, 3.8) is 0 Å². The van der Waals surface area contributed by atoms with Gasteiger partial charge in [0, 0.05) is 0 Å². The molecule has 0 radical (unpaired) electrons. The molecule has 0 aliphatic rings. The topological polar surface area (TPSA) is 131 Å². The Morgan fingerprint density at radius 1 is 1.57 bits per heavy atom. The Bertz CT molecular complexity index is 360. The molecule has 0 aromatic carbocycles. The van der Waals surface area contributed by atoms with Crippen LogP contribution in [0.1, 0.15) is 17.4 Å².